The van der Waals surface area contributed by atoms with Gasteiger partial charge < -0.3 is 5.73 Å². The molecule has 1 aliphatic heterocycles. The highest BCUT2D eigenvalue weighted by Gasteiger charge is 2.41. The molecule has 0 spiro atoms. The van der Waals surface area contributed by atoms with Crippen molar-refractivity contribution in [1.29, 1.82) is 0 Å². The van der Waals surface area contributed by atoms with Crippen molar-refractivity contribution in [1.82, 2.24) is 0 Å². The highest BCUT2D eigenvalue weighted by molar-refractivity contribution is 8.27. The lowest BCUT2D eigenvalue weighted by atomic mass is 10.1. The van der Waals surface area contributed by atoms with Crippen LogP contribution in [0.1, 0.15) is 39.0 Å². The number of unbranched alkanes of at least 4 members (excludes halogenated alkanes) is 1. The van der Waals surface area contributed by atoms with Gasteiger partial charge in [-0.1, -0.05) is 43.5 Å². The molecule has 0 saturated heterocycles. The molecule has 3 rings (SSSR count). The molecule has 1 aliphatic rings. The number of nitrogens with two attached hydrogens (primary N) is 1. The zero-order valence-corrected chi connectivity index (χ0v) is 17.2. The molecule has 7 heteroatoms. The van der Waals surface area contributed by atoms with Crippen LogP contribution in [0.2, 0.25) is 5.02 Å². The van der Waals surface area contributed by atoms with Gasteiger partial charge in [0.05, 0.1) is 17.1 Å². The van der Waals surface area contributed by atoms with Gasteiger partial charge in [0, 0.05) is 17.6 Å². The molecule has 5 nitrogen and oxygen atoms in total. The SMILES string of the molecule is CCCCC(N)CCCN1c2ccccc2N(c2ccc(Cl)cc2)S1(O)O. The van der Waals surface area contributed by atoms with E-state index in [-0.39, 0.29) is 6.04 Å². The Labute approximate surface area is 168 Å². The van der Waals surface area contributed by atoms with Gasteiger partial charge in [0.15, 0.2) is 0 Å². The summed E-state index contributed by atoms with van der Waals surface area (Å²) in [5, 5.41) is 0.612. The minimum atomic E-state index is -3.19. The van der Waals surface area contributed by atoms with Gasteiger partial charge >= 0.3 is 0 Å². The first kappa shape index (κ1) is 20.3. The van der Waals surface area contributed by atoms with Crippen LogP contribution in [0.15, 0.2) is 48.5 Å². The maximum atomic E-state index is 11.1. The van der Waals surface area contributed by atoms with E-state index in [4.69, 9.17) is 17.3 Å². The first-order valence-electron chi connectivity index (χ1n) is 9.41. The topological polar surface area (TPSA) is 73.0 Å². The highest BCUT2D eigenvalue weighted by Crippen LogP contribution is 2.64. The summed E-state index contributed by atoms with van der Waals surface area (Å²) in [5.74, 6) is 0. The molecule has 27 heavy (non-hydrogen) atoms. The Morgan fingerprint density at radius 1 is 1.00 bits per heavy atom. The standard InChI is InChI=1S/C20H28ClN3O2S/c1-2-3-7-17(22)8-6-15-23-19-9-4-5-10-20(19)24(27(23,25)26)18-13-11-16(21)12-14-18/h4-5,9-14,17,25-26H,2-3,6-8,15,22H2,1H3. The Balaban J connectivity index is 1.80. The predicted octanol–water partition coefficient (Wildman–Crippen LogP) is 6.18. The first-order chi connectivity index (χ1) is 12.9. The molecular formula is C20H28ClN3O2S. The Kier molecular flexibility index (Phi) is 6.55. The van der Waals surface area contributed by atoms with Gasteiger partial charge in [0.2, 0.25) is 0 Å². The quantitative estimate of drug-likeness (QED) is 0.485. The molecule has 1 atom stereocenters. The molecule has 0 amide bonds. The van der Waals surface area contributed by atoms with Gasteiger partial charge in [-0.3, -0.25) is 13.4 Å². The lowest BCUT2D eigenvalue weighted by Gasteiger charge is -2.44. The van der Waals surface area contributed by atoms with E-state index in [0.717, 1.165) is 43.5 Å². The lowest BCUT2D eigenvalue weighted by molar-refractivity contribution is 0.479. The molecule has 0 saturated carbocycles. The van der Waals surface area contributed by atoms with Crippen molar-refractivity contribution < 1.29 is 9.11 Å². The highest BCUT2D eigenvalue weighted by atomic mass is 35.5. The number of nitrogens with zero attached hydrogens (tertiary/aromatic N) is 2. The maximum Gasteiger partial charge on any atom is 0.0896 e. The van der Waals surface area contributed by atoms with Crippen LogP contribution in [-0.4, -0.2) is 21.7 Å². The van der Waals surface area contributed by atoms with E-state index < -0.39 is 11.0 Å². The maximum absolute atomic E-state index is 11.1. The van der Waals surface area contributed by atoms with Crippen molar-refractivity contribution >= 4 is 39.6 Å². The predicted molar refractivity (Wildman–Crippen MR) is 117 cm³/mol. The van der Waals surface area contributed by atoms with E-state index in [0.29, 0.717) is 17.3 Å². The summed E-state index contributed by atoms with van der Waals surface area (Å²) in [6, 6.07) is 14.9. The number of halogens is 1. The van der Waals surface area contributed by atoms with Gasteiger partial charge in [-0.2, -0.15) is 0 Å². The number of benzene rings is 2. The van der Waals surface area contributed by atoms with Gasteiger partial charge in [0.1, 0.15) is 0 Å². The molecule has 0 bridgehead atoms. The molecule has 0 aliphatic carbocycles. The van der Waals surface area contributed by atoms with Crippen LogP contribution in [0, 0.1) is 0 Å². The lowest BCUT2D eigenvalue weighted by Crippen LogP contribution is -2.32. The molecule has 2 aromatic rings. The summed E-state index contributed by atoms with van der Waals surface area (Å²) < 4.78 is 25.5. The van der Waals surface area contributed by atoms with Gasteiger partial charge in [0.25, 0.3) is 0 Å². The van der Waals surface area contributed by atoms with E-state index >= 15 is 0 Å². The van der Waals surface area contributed by atoms with Crippen LogP contribution >= 0.6 is 22.6 Å². The third-order valence-corrected chi connectivity index (χ3v) is 6.96. The molecule has 2 aromatic carbocycles. The van der Waals surface area contributed by atoms with E-state index in [1.165, 1.54) is 0 Å². The van der Waals surface area contributed by atoms with Crippen LogP contribution in [0.5, 0.6) is 0 Å². The largest absolute Gasteiger partial charge is 0.328 e. The average Bonchev–Trinajstić information content (AvgIpc) is 2.87. The summed E-state index contributed by atoms with van der Waals surface area (Å²) in [4.78, 5) is 0. The average molecular weight is 410 g/mol. The van der Waals surface area contributed by atoms with E-state index in [9.17, 15) is 9.11 Å². The van der Waals surface area contributed by atoms with Crippen LogP contribution in [-0.2, 0) is 0 Å². The van der Waals surface area contributed by atoms with Crippen molar-refractivity contribution in [3.63, 3.8) is 0 Å². The van der Waals surface area contributed by atoms with E-state index in [2.05, 4.69) is 6.92 Å². The third-order valence-electron chi connectivity index (χ3n) is 4.84. The summed E-state index contributed by atoms with van der Waals surface area (Å²) >= 11 is 5.99. The molecular weight excluding hydrogens is 382 g/mol. The molecule has 0 aromatic heterocycles. The summed E-state index contributed by atoms with van der Waals surface area (Å²) in [7, 11) is -3.19. The Bertz CT molecular complexity index is 757. The molecule has 1 heterocycles. The Hall–Kier alpha value is -1.44. The number of hydrogen-bond acceptors (Lipinski definition) is 5. The summed E-state index contributed by atoms with van der Waals surface area (Å²) in [5.41, 5.74) is 8.50. The van der Waals surface area contributed by atoms with Crippen LogP contribution in [0.3, 0.4) is 0 Å². The molecule has 0 radical (unpaired) electrons. The first-order valence-corrected chi connectivity index (χ1v) is 11.3. The normalized spacial score (nSPS) is 17.7. The van der Waals surface area contributed by atoms with Crippen LogP contribution in [0.4, 0.5) is 17.1 Å². The van der Waals surface area contributed by atoms with Crippen molar-refractivity contribution in [2.75, 3.05) is 15.2 Å². The second-order valence-corrected chi connectivity index (χ2v) is 9.12. The Morgan fingerprint density at radius 2 is 1.63 bits per heavy atom. The van der Waals surface area contributed by atoms with Crippen LogP contribution < -0.4 is 14.3 Å². The molecule has 4 N–H and O–H groups in total. The minimum absolute atomic E-state index is 0.164. The van der Waals surface area contributed by atoms with Crippen molar-refractivity contribution in [2.24, 2.45) is 5.73 Å². The van der Waals surface area contributed by atoms with Crippen LogP contribution in [0.25, 0.3) is 0 Å². The Morgan fingerprint density at radius 3 is 2.30 bits per heavy atom. The van der Waals surface area contributed by atoms with Crippen molar-refractivity contribution in [3.8, 4) is 0 Å². The number of anilines is 3. The number of fused-ring (bicyclic) bond motifs is 1. The molecule has 0 fully saturated rings. The van der Waals surface area contributed by atoms with Gasteiger partial charge in [-0.15, -0.1) is 0 Å². The molecule has 1 unspecified atom stereocenters. The smallest absolute Gasteiger partial charge is 0.0896 e. The number of rotatable bonds is 8. The van der Waals surface area contributed by atoms with Crippen molar-refractivity contribution in [2.45, 2.75) is 45.1 Å². The third kappa shape index (κ3) is 4.36. The van der Waals surface area contributed by atoms with Gasteiger partial charge in [-0.05, 0) is 66.6 Å². The van der Waals surface area contributed by atoms with Crippen molar-refractivity contribution in [3.05, 3.63) is 53.6 Å². The van der Waals surface area contributed by atoms with E-state index in [1.54, 1.807) is 32.9 Å². The zero-order chi connectivity index (χ0) is 19.4. The second-order valence-electron chi connectivity index (χ2n) is 6.90. The summed E-state index contributed by atoms with van der Waals surface area (Å²) in [6.07, 6.45) is 4.97. The van der Waals surface area contributed by atoms with E-state index in [1.807, 2.05) is 24.3 Å². The van der Waals surface area contributed by atoms with Gasteiger partial charge in [-0.25, -0.2) is 4.31 Å². The monoisotopic (exact) mass is 409 g/mol. The molecule has 148 valence electrons. The second kappa shape index (κ2) is 8.71. The summed E-state index contributed by atoms with van der Waals surface area (Å²) in [6.45, 7) is 2.71. The fourth-order valence-electron chi connectivity index (χ4n) is 3.42. The fourth-order valence-corrected chi connectivity index (χ4v) is 5.36. The zero-order valence-electron chi connectivity index (χ0n) is 15.6. The number of hydrogen-bond donors (Lipinski definition) is 3. The minimum Gasteiger partial charge on any atom is -0.328 e. The number of para-hydroxylation sites is 2. The fraction of sp³-hybridized carbons (Fsp3) is 0.400.